The first-order valence-electron chi connectivity index (χ1n) is 9.67. The van der Waals surface area contributed by atoms with Crippen molar-refractivity contribution in [3.05, 3.63) is 92.8 Å². The minimum Gasteiger partial charge on any atom is -0.477 e. The molecule has 0 saturated heterocycles. The Hall–Kier alpha value is -4.25. The van der Waals surface area contributed by atoms with Crippen LogP contribution in [0.25, 0.3) is 11.4 Å². The molecule has 0 unspecified atom stereocenters. The van der Waals surface area contributed by atoms with E-state index in [4.69, 9.17) is 14.2 Å². The zero-order valence-electron chi connectivity index (χ0n) is 18.2. The van der Waals surface area contributed by atoms with Crippen molar-refractivity contribution in [2.45, 2.75) is 16.7 Å². The van der Waals surface area contributed by atoms with E-state index in [0.717, 1.165) is 22.9 Å². The smallest absolute Gasteiger partial charge is 0.353 e. The maximum Gasteiger partial charge on any atom is 0.353 e. The summed E-state index contributed by atoms with van der Waals surface area (Å²) in [5.74, 6) is -1.29. The van der Waals surface area contributed by atoms with Crippen molar-refractivity contribution in [3.63, 3.8) is 0 Å². The fourth-order valence-electron chi connectivity index (χ4n) is 2.94. The summed E-state index contributed by atoms with van der Waals surface area (Å²) in [6.45, 7) is 1.74. The number of carboxylic acids is 1. The van der Waals surface area contributed by atoms with Crippen LogP contribution in [-0.2, 0) is 20.2 Å². The molecule has 4 rings (SSSR count). The van der Waals surface area contributed by atoms with Crippen molar-refractivity contribution in [2.24, 2.45) is 0 Å². The molecule has 2 aromatic carbocycles. The number of hydrogen-bond acceptors (Lipinski definition) is 7. The van der Waals surface area contributed by atoms with Crippen LogP contribution >= 0.6 is 0 Å². The predicted molar refractivity (Wildman–Crippen MR) is 124 cm³/mol. The standard InChI is InChI=1S/C10H8N2O6S.C10H10N2O4S/c13-9-5-8(10(14)15)11-12(9)6-1-3-7(4-2-6)19(16,17)18;1-7-6-10(13)12(11-7)8-2-4-9(5-3-8)17(14,15)16/h1-5,11H,(H,14,15)(H,16,17,18);2-6,11H,1H3,(H,14,15,16). The molecule has 0 fully saturated rings. The molecule has 5 N–H and O–H groups in total. The first-order chi connectivity index (χ1) is 16.7. The summed E-state index contributed by atoms with van der Waals surface area (Å²) in [7, 11) is -8.52. The number of nitrogens with one attached hydrogen (secondary N) is 2. The lowest BCUT2D eigenvalue weighted by atomic mass is 10.3. The number of hydrogen-bond donors (Lipinski definition) is 5. The van der Waals surface area contributed by atoms with E-state index < -0.39 is 31.8 Å². The first kappa shape index (κ1) is 26.4. The summed E-state index contributed by atoms with van der Waals surface area (Å²) in [6, 6.07) is 12.4. The molecule has 4 aromatic rings. The number of aromatic nitrogens is 4. The van der Waals surface area contributed by atoms with E-state index >= 15 is 0 Å². The van der Waals surface area contributed by atoms with Gasteiger partial charge in [0.15, 0.2) is 0 Å². The molecule has 0 radical (unpaired) electrons. The van der Waals surface area contributed by atoms with E-state index in [9.17, 15) is 31.2 Å². The highest BCUT2D eigenvalue weighted by atomic mass is 32.2. The van der Waals surface area contributed by atoms with Crippen molar-refractivity contribution in [1.29, 1.82) is 0 Å². The van der Waals surface area contributed by atoms with Gasteiger partial charge in [-0.1, -0.05) is 0 Å². The van der Waals surface area contributed by atoms with Crippen LogP contribution in [-0.4, -0.2) is 56.6 Å². The SMILES string of the molecule is Cc1cc(=O)n(-c2ccc(S(=O)(=O)O)cc2)[nH]1.O=C(O)c1cc(=O)n(-c2ccc(S(=O)(=O)O)cc2)[nH]1. The summed E-state index contributed by atoms with van der Waals surface area (Å²) in [5, 5.41) is 13.9. The van der Waals surface area contributed by atoms with Crippen molar-refractivity contribution < 1.29 is 35.8 Å². The molecule has 0 saturated carbocycles. The number of benzene rings is 2. The van der Waals surface area contributed by atoms with E-state index in [1.54, 1.807) is 6.92 Å². The molecule has 14 nitrogen and oxygen atoms in total. The highest BCUT2D eigenvalue weighted by molar-refractivity contribution is 7.86. The minimum absolute atomic E-state index is 0.211. The van der Waals surface area contributed by atoms with Crippen molar-refractivity contribution in [1.82, 2.24) is 19.6 Å². The molecule has 0 bridgehead atoms. The van der Waals surface area contributed by atoms with E-state index in [1.165, 1.54) is 47.1 Å². The lowest BCUT2D eigenvalue weighted by Gasteiger charge is -2.02. The van der Waals surface area contributed by atoms with Gasteiger partial charge in [-0.25, -0.2) is 14.2 Å². The molecule has 16 heteroatoms. The van der Waals surface area contributed by atoms with Gasteiger partial charge in [0.2, 0.25) is 0 Å². The van der Waals surface area contributed by atoms with Gasteiger partial charge in [0.25, 0.3) is 31.4 Å². The van der Waals surface area contributed by atoms with Crippen LogP contribution < -0.4 is 11.1 Å². The normalized spacial score (nSPS) is 11.5. The topological polar surface area (TPSA) is 222 Å². The third-order valence-corrected chi connectivity index (χ3v) is 6.32. The van der Waals surface area contributed by atoms with Gasteiger partial charge in [-0.15, -0.1) is 0 Å². The van der Waals surface area contributed by atoms with Crippen LogP contribution in [0.5, 0.6) is 0 Å². The van der Waals surface area contributed by atoms with Gasteiger partial charge in [0, 0.05) is 17.8 Å². The molecule has 0 aliphatic rings. The van der Waals surface area contributed by atoms with Gasteiger partial charge in [0.1, 0.15) is 5.69 Å². The van der Waals surface area contributed by atoms with Crippen LogP contribution in [0.3, 0.4) is 0 Å². The Balaban J connectivity index is 0.000000202. The van der Waals surface area contributed by atoms with Crippen LogP contribution in [0.2, 0.25) is 0 Å². The lowest BCUT2D eigenvalue weighted by molar-refractivity contribution is 0.0690. The monoisotopic (exact) mass is 538 g/mol. The van der Waals surface area contributed by atoms with Crippen molar-refractivity contribution in [2.75, 3.05) is 0 Å². The Morgan fingerprint density at radius 1 is 0.722 bits per heavy atom. The number of carbonyl (C=O) groups is 1. The Labute approximate surface area is 202 Å². The highest BCUT2D eigenvalue weighted by Gasteiger charge is 2.13. The van der Waals surface area contributed by atoms with Crippen LogP contribution in [0.15, 0.2) is 80.0 Å². The molecule has 0 amide bonds. The number of nitrogens with zero attached hydrogens (tertiary/aromatic N) is 2. The maximum absolute atomic E-state index is 11.5. The second-order valence-electron chi connectivity index (χ2n) is 7.20. The average Bonchev–Trinajstić information content (AvgIpc) is 3.34. The average molecular weight is 539 g/mol. The number of aromatic amines is 2. The summed E-state index contributed by atoms with van der Waals surface area (Å²) in [6.07, 6.45) is 0. The first-order valence-corrected chi connectivity index (χ1v) is 12.5. The van der Waals surface area contributed by atoms with Gasteiger partial charge in [-0.05, 0) is 55.5 Å². The fourth-order valence-corrected chi connectivity index (χ4v) is 3.90. The van der Waals surface area contributed by atoms with Gasteiger partial charge >= 0.3 is 5.97 Å². The summed E-state index contributed by atoms with van der Waals surface area (Å²) in [5.41, 5.74) is 0.317. The van der Waals surface area contributed by atoms with E-state index in [-0.39, 0.29) is 26.7 Å². The third kappa shape index (κ3) is 6.05. The number of aryl methyl sites for hydroxylation is 1. The van der Waals surface area contributed by atoms with Crippen molar-refractivity contribution in [3.8, 4) is 11.4 Å². The maximum atomic E-state index is 11.5. The van der Waals surface area contributed by atoms with Crippen molar-refractivity contribution >= 4 is 26.2 Å². The van der Waals surface area contributed by atoms with Crippen LogP contribution in [0, 0.1) is 6.92 Å². The van der Waals surface area contributed by atoms with E-state index in [0.29, 0.717) is 11.4 Å². The third-order valence-electron chi connectivity index (χ3n) is 4.58. The summed E-state index contributed by atoms with van der Waals surface area (Å²) >= 11 is 0. The Bertz CT molecular complexity index is 1740. The highest BCUT2D eigenvalue weighted by Crippen LogP contribution is 2.13. The zero-order valence-corrected chi connectivity index (χ0v) is 19.8. The van der Waals surface area contributed by atoms with Gasteiger partial charge in [-0.2, -0.15) is 16.8 Å². The molecule has 2 heterocycles. The minimum atomic E-state index is -4.31. The molecule has 0 spiro atoms. The fraction of sp³-hybridized carbons (Fsp3) is 0.0500. The molecule has 0 aliphatic heterocycles. The largest absolute Gasteiger partial charge is 0.477 e. The summed E-state index contributed by atoms with van der Waals surface area (Å²) < 4.78 is 63.2. The van der Waals surface area contributed by atoms with Crippen LogP contribution in [0.1, 0.15) is 16.2 Å². The molecule has 36 heavy (non-hydrogen) atoms. The Kier molecular flexibility index (Phi) is 7.16. The second-order valence-corrected chi connectivity index (χ2v) is 10.0. The van der Waals surface area contributed by atoms with Gasteiger partial charge < -0.3 is 5.11 Å². The number of carboxylic acid groups (broad SMARTS) is 1. The molecule has 190 valence electrons. The zero-order chi connectivity index (χ0) is 26.8. The second kappa shape index (κ2) is 9.78. The van der Waals surface area contributed by atoms with Gasteiger partial charge in [-0.3, -0.25) is 28.9 Å². The molecular weight excluding hydrogens is 520 g/mol. The predicted octanol–water partition coefficient (Wildman–Crippen LogP) is 0.831. The molecule has 0 aliphatic carbocycles. The molecule has 2 aromatic heterocycles. The number of rotatable bonds is 5. The lowest BCUT2D eigenvalue weighted by Crippen LogP contribution is -2.13. The number of aromatic carboxylic acids is 1. The van der Waals surface area contributed by atoms with Crippen LogP contribution in [0.4, 0.5) is 0 Å². The molecular formula is C20H18N4O10S2. The quantitative estimate of drug-likeness (QED) is 0.225. The summed E-state index contributed by atoms with van der Waals surface area (Å²) in [4.78, 5) is 33.2. The van der Waals surface area contributed by atoms with E-state index in [2.05, 4.69) is 10.2 Å². The number of H-pyrrole nitrogens is 2. The molecule has 0 atom stereocenters. The van der Waals surface area contributed by atoms with Gasteiger partial charge in [0.05, 0.1) is 21.2 Å². The Morgan fingerprint density at radius 2 is 1.11 bits per heavy atom. The van der Waals surface area contributed by atoms with E-state index in [1.807, 2.05) is 0 Å². The Morgan fingerprint density at radius 3 is 1.42 bits per heavy atom.